The van der Waals surface area contributed by atoms with Crippen LogP contribution in [0.5, 0.6) is 0 Å². The highest BCUT2D eigenvalue weighted by molar-refractivity contribution is 9.10. The Kier molecular flexibility index (Phi) is 4.82. The summed E-state index contributed by atoms with van der Waals surface area (Å²) in [7, 11) is 0. The van der Waals surface area contributed by atoms with E-state index in [-0.39, 0.29) is 0 Å². The molecular weight excluding hydrogens is 290 g/mol. The molecule has 2 rings (SSSR count). The van der Waals surface area contributed by atoms with Crippen LogP contribution in [0.1, 0.15) is 38.2 Å². The SMILES string of the molecule is CC(Cc1ccc(Br)cc1)NCC1(O)CCCC1. The van der Waals surface area contributed by atoms with Crippen molar-refractivity contribution in [3.8, 4) is 0 Å². The third-order valence-corrected chi connectivity index (χ3v) is 4.30. The lowest BCUT2D eigenvalue weighted by atomic mass is 10.0. The Balaban J connectivity index is 1.78. The van der Waals surface area contributed by atoms with Crippen LogP contribution in [-0.4, -0.2) is 23.3 Å². The number of aliphatic hydroxyl groups is 1. The molecule has 1 fully saturated rings. The van der Waals surface area contributed by atoms with Gasteiger partial charge in [-0.2, -0.15) is 0 Å². The van der Waals surface area contributed by atoms with Crippen LogP contribution in [0.3, 0.4) is 0 Å². The molecule has 1 saturated carbocycles. The van der Waals surface area contributed by atoms with Crippen LogP contribution < -0.4 is 5.32 Å². The van der Waals surface area contributed by atoms with Crippen molar-refractivity contribution >= 4 is 15.9 Å². The van der Waals surface area contributed by atoms with E-state index >= 15 is 0 Å². The second-order valence-electron chi connectivity index (χ2n) is 5.54. The van der Waals surface area contributed by atoms with Gasteiger partial charge in [0.15, 0.2) is 0 Å². The third kappa shape index (κ3) is 4.08. The lowest BCUT2D eigenvalue weighted by Crippen LogP contribution is -2.42. The number of nitrogens with one attached hydrogen (secondary N) is 1. The van der Waals surface area contributed by atoms with Gasteiger partial charge in [0, 0.05) is 17.1 Å². The van der Waals surface area contributed by atoms with Crippen LogP contribution in [0, 0.1) is 0 Å². The molecule has 0 radical (unpaired) electrons. The second-order valence-corrected chi connectivity index (χ2v) is 6.46. The summed E-state index contributed by atoms with van der Waals surface area (Å²) in [6.07, 6.45) is 5.23. The van der Waals surface area contributed by atoms with Crippen molar-refractivity contribution in [2.75, 3.05) is 6.54 Å². The monoisotopic (exact) mass is 311 g/mol. The molecule has 0 aromatic heterocycles. The molecule has 0 heterocycles. The van der Waals surface area contributed by atoms with Gasteiger partial charge in [-0.1, -0.05) is 40.9 Å². The highest BCUT2D eigenvalue weighted by Crippen LogP contribution is 2.28. The third-order valence-electron chi connectivity index (χ3n) is 3.77. The zero-order valence-electron chi connectivity index (χ0n) is 11.0. The van der Waals surface area contributed by atoms with Gasteiger partial charge in [0.2, 0.25) is 0 Å². The number of hydrogen-bond donors (Lipinski definition) is 2. The van der Waals surface area contributed by atoms with Gasteiger partial charge in [0.1, 0.15) is 0 Å². The first-order chi connectivity index (χ1) is 8.57. The highest BCUT2D eigenvalue weighted by Gasteiger charge is 2.30. The molecule has 0 saturated heterocycles. The number of benzene rings is 1. The Hall–Kier alpha value is -0.380. The van der Waals surface area contributed by atoms with Crippen LogP contribution in [0.25, 0.3) is 0 Å². The molecule has 2 nitrogen and oxygen atoms in total. The van der Waals surface area contributed by atoms with Gasteiger partial charge in [-0.25, -0.2) is 0 Å². The summed E-state index contributed by atoms with van der Waals surface area (Å²) in [4.78, 5) is 0. The fourth-order valence-electron chi connectivity index (χ4n) is 2.62. The van der Waals surface area contributed by atoms with E-state index in [1.807, 2.05) is 0 Å². The predicted octanol–water partition coefficient (Wildman–Crippen LogP) is 3.27. The van der Waals surface area contributed by atoms with E-state index in [1.165, 1.54) is 18.4 Å². The van der Waals surface area contributed by atoms with Gasteiger partial charge in [0.25, 0.3) is 0 Å². The molecule has 2 N–H and O–H groups in total. The Morgan fingerprint density at radius 2 is 1.89 bits per heavy atom. The lowest BCUT2D eigenvalue weighted by molar-refractivity contribution is 0.0454. The van der Waals surface area contributed by atoms with Crippen molar-refractivity contribution in [3.05, 3.63) is 34.3 Å². The molecule has 1 unspecified atom stereocenters. The first kappa shape index (κ1) is 14.0. The molecule has 0 spiro atoms. The fraction of sp³-hybridized carbons (Fsp3) is 0.600. The average Bonchev–Trinajstić information content (AvgIpc) is 2.78. The maximum Gasteiger partial charge on any atom is 0.0771 e. The molecule has 0 bridgehead atoms. The first-order valence-corrected chi connectivity index (χ1v) is 7.57. The Bertz CT molecular complexity index is 371. The van der Waals surface area contributed by atoms with Gasteiger partial charge in [-0.15, -0.1) is 0 Å². The van der Waals surface area contributed by atoms with E-state index < -0.39 is 5.60 Å². The molecule has 1 aliphatic carbocycles. The average molecular weight is 312 g/mol. The molecule has 100 valence electrons. The smallest absolute Gasteiger partial charge is 0.0771 e. The van der Waals surface area contributed by atoms with Crippen molar-refractivity contribution in [3.63, 3.8) is 0 Å². The van der Waals surface area contributed by atoms with Crippen molar-refractivity contribution in [2.24, 2.45) is 0 Å². The summed E-state index contributed by atoms with van der Waals surface area (Å²) in [5, 5.41) is 13.7. The minimum Gasteiger partial charge on any atom is -0.389 e. The quantitative estimate of drug-likeness (QED) is 0.874. The minimum absolute atomic E-state index is 0.399. The topological polar surface area (TPSA) is 32.3 Å². The van der Waals surface area contributed by atoms with Crippen LogP contribution in [-0.2, 0) is 6.42 Å². The number of rotatable bonds is 5. The molecule has 1 aromatic rings. The highest BCUT2D eigenvalue weighted by atomic mass is 79.9. The molecule has 0 aliphatic heterocycles. The van der Waals surface area contributed by atoms with E-state index in [0.29, 0.717) is 6.04 Å². The summed E-state index contributed by atoms with van der Waals surface area (Å²) in [6, 6.07) is 8.84. The number of halogens is 1. The van der Waals surface area contributed by atoms with E-state index in [9.17, 15) is 5.11 Å². The molecule has 1 atom stereocenters. The lowest BCUT2D eigenvalue weighted by Gasteiger charge is -2.25. The van der Waals surface area contributed by atoms with Gasteiger partial charge in [0.05, 0.1) is 5.60 Å². The summed E-state index contributed by atoms with van der Waals surface area (Å²) in [5.74, 6) is 0. The Morgan fingerprint density at radius 3 is 2.50 bits per heavy atom. The standard InChI is InChI=1S/C15H22BrNO/c1-12(10-13-4-6-14(16)7-5-13)17-11-15(18)8-2-3-9-15/h4-7,12,17-18H,2-3,8-11H2,1H3. The molecule has 3 heteroatoms. The molecule has 1 aliphatic rings. The Morgan fingerprint density at radius 1 is 1.28 bits per heavy atom. The minimum atomic E-state index is -0.450. The summed E-state index contributed by atoms with van der Waals surface area (Å²) in [6.45, 7) is 2.91. The van der Waals surface area contributed by atoms with Crippen LogP contribution in [0.4, 0.5) is 0 Å². The molecule has 18 heavy (non-hydrogen) atoms. The van der Waals surface area contributed by atoms with Crippen LogP contribution in [0.15, 0.2) is 28.7 Å². The van der Waals surface area contributed by atoms with Crippen molar-refractivity contribution in [1.82, 2.24) is 5.32 Å². The molecule has 1 aromatic carbocycles. The number of hydrogen-bond acceptors (Lipinski definition) is 2. The largest absolute Gasteiger partial charge is 0.389 e. The predicted molar refractivity (Wildman–Crippen MR) is 78.7 cm³/mol. The van der Waals surface area contributed by atoms with Crippen LogP contribution in [0.2, 0.25) is 0 Å². The molecule has 0 amide bonds. The summed E-state index contributed by atoms with van der Waals surface area (Å²) >= 11 is 3.45. The van der Waals surface area contributed by atoms with Crippen molar-refractivity contribution in [1.29, 1.82) is 0 Å². The van der Waals surface area contributed by atoms with E-state index in [1.54, 1.807) is 0 Å². The van der Waals surface area contributed by atoms with Gasteiger partial charge in [-0.3, -0.25) is 0 Å². The first-order valence-electron chi connectivity index (χ1n) is 6.78. The second kappa shape index (κ2) is 6.18. The molecular formula is C15H22BrNO. The summed E-state index contributed by atoms with van der Waals surface area (Å²) < 4.78 is 1.12. The summed E-state index contributed by atoms with van der Waals surface area (Å²) in [5.41, 5.74) is 0.880. The zero-order valence-corrected chi connectivity index (χ0v) is 12.5. The van der Waals surface area contributed by atoms with Crippen molar-refractivity contribution in [2.45, 2.75) is 50.7 Å². The maximum absolute atomic E-state index is 10.3. The normalized spacial score (nSPS) is 19.9. The van der Waals surface area contributed by atoms with Gasteiger partial charge in [-0.05, 0) is 43.9 Å². The van der Waals surface area contributed by atoms with Crippen molar-refractivity contribution < 1.29 is 5.11 Å². The van der Waals surface area contributed by atoms with Gasteiger partial charge < -0.3 is 10.4 Å². The van der Waals surface area contributed by atoms with E-state index in [4.69, 9.17) is 0 Å². The fourth-order valence-corrected chi connectivity index (χ4v) is 2.88. The zero-order chi connectivity index (χ0) is 13.0. The van der Waals surface area contributed by atoms with E-state index in [0.717, 1.165) is 30.3 Å². The van der Waals surface area contributed by atoms with Crippen LogP contribution >= 0.6 is 15.9 Å². The van der Waals surface area contributed by atoms with E-state index in [2.05, 4.69) is 52.4 Å². The van der Waals surface area contributed by atoms with Gasteiger partial charge >= 0.3 is 0 Å². The maximum atomic E-state index is 10.3. The Labute approximate surface area is 118 Å².